The van der Waals surface area contributed by atoms with Gasteiger partial charge in [-0.05, 0) is 39.8 Å². The second-order valence-electron chi connectivity index (χ2n) is 6.74. The summed E-state index contributed by atoms with van der Waals surface area (Å²) in [4.78, 5) is 16.0. The summed E-state index contributed by atoms with van der Waals surface area (Å²) in [6, 6.07) is 4.75. The highest BCUT2D eigenvalue weighted by Crippen LogP contribution is 2.21. The second-order valence-corrected chi connectivity index (χ2v) is 6.74. The Bertz CT molecular complexity index is 706. The molecule has 1 aliphatic heterocycles. The lowest BCUT2D eigenvalue weighted by atomic mass is 10.1. The molecular weight excluding hydrogens is 314 g/mol. The van der Waals surface area contributed by atoms with Crippen molar-refractivity contribution in [3.8, 4) is 11.4 Å². The highest BCUT2D eigenvalue weighted by molar-refractivity contribution is 5.58. The Kier molecular flexibility index (Phi) is 5.60. The number of aryl methyl sites for hydroxylation is 1. The number of rotatable bonds is 5. The molecule has 1 N–H and O–H groups in total. The summed E-state index contributed by atoms with van der Waals surface area (Å²) < 4.78 is 5.54. The fourth-order valence-corrected chi connectivity index (χ4v) is 3.18. The average Bonchev–Trinajstić information content (AvgIpc) is 2.63. The Morgan fingerprint density at radius 1 is 1.36 bits per heavy atom. The van der Waals surface area contributed by atoms with Crippen molar-refractivity contribution in [3.63, 3.8) is 0 Å². The van der Waals surface area contributed by atoms with Gasteiger partial charge in [0.2, 0.25) is 0 Å². The largest absolute Gasteiger partial charge is 0.379 e. The van der Waals surface area contributed by atoms with Crippen LogP contribution < -0.4 is 5.32 Å². The standard InChI is InChI=1S/C19H27N5O/c1-13(24-8-9-25-12-14(24)2)10-21-18-15(3)16(4)22-19(23-18)17-6-5-7-20-11-17/h5-7,11,13-14H,8-10,12H2,1-4H3,(H,21,22,23). The SMILES string of the molecule is Cc1nc(-c2cccnc2)nc(NCC(C)N2CCOCC2C)c1C. The third-order valence-electron chi connectivity index (χ3n) is 4.86. The third kappa shape index (κ3) is 4.14. The van der Waals surface area contributed by atoms with Crippen molar-refractivity contribution in [2.75, 3.05) is 31.6 Å². The van der Waals surface area contributed by atoms with Crippen LogP contribution in [0.25, 0.3) is 11.4 Å². The molecule has 2 unspecified atom stereocenters. The molecule has 0 aromatic carbocycles. The van der Waals surface area contributed by atoms with Crippen LogP contribution in [0.4, 0.5) is 5.82 Å². The van der Waals surface area contributed by atoms with Gasteiger partial charge in [0.25, 0.3) is 0 Å². The first-order chi connectivity index (χ1) is 12.1. The van der Waals surface area contributed by atoms with Crippen molar-refractivity contribution < 1.29 is 4.74 Å². The van der Waals surface area contributed by atoms with E-state index < -0.39 is 0 Å². The van der Waals surface area contributed by atoms with Crippen LogP contribution in [0.3, 0.4) is 0 Å². The number of hydrogen-bond acceptors (Lipinski definition) is 6. The van der Waals surface area contributed by atoms with Gasteiger partial charge in [-0.3, -0.25) is 9.88 Å². The molecule has 6 heteroatoms. The molecule has 134 valence electrons. The Balaban J connectivity index is 1.74. The van der Waals surface area contributed by atoms with Crippen LogP contribution in [0, 0.1) is 13.8 Å². The van der Waals surface area contributed by atoms with Gasteiger partial charge in [0.05, 0.1) is 13.2 Å². The maximum absolute atomic E-state index is 5.54. The Morgan fingerprint density at radius 2 is 2.20 bits per heavy atom. The molecule has 0 bridgehead atoms. The molecule has 1 saturated heterocycles. The molecule has 0 radical (unpaired) electrons. The van der Waals surface area contributed by atoms with Gasteiger partial charge in [-0.2, -0.15) is 0 Å². The van der Waals surface area contributed by atoms with Crippen LogP contribution >= 0.6 is 0 Å². The van der Waals surface area contributed by atoms with E-state index in [0.717, 1.165) is 48.9 Å². The number of ether oxygens (including phenoxy) is 1. The lowest BCUT2D eigenvalue weighted by Crippen LogP contribution is -2.50. The predicted octanol–water partition coefficient (Wildman–Crippen LogP) is 2.68. The van der Waals surface area contributed by atoms with Crippen molar-refractivity contribution in [1.29, 1.82) is 0 Å². The smallest absolute Gasteiger partial charge is 0.163 e. The van der Waals surface area contributed by atoms with Crippen LogP contribution in [0.5, 0.6) is 0 Å². The second kappa shape index (κ2) is 7.89. The molecule has 0 spiro atoms. The first kappa shape index (κ1) is 17.8. The van der Waals surface area contributed by atoms with E-state index >= 15 is 0 Å². The summed E-state index contributed by atoms with van der Waals surface area (Å²) in [5, 5.41) is 3.53. The molecule has 2 aromatic heterocycles. The van der Waals surface area contributed by atoms with Crippen LogP contribution in [0.1, 0.15) is 25.1 Å². The van der Waals surface area contributed by atoms with Gasteiger partial charge in [-0.25, -0.2) is 9.97 Å². The molecule has 0 aliphatic carbocycles. The highest BCUT2D eigenvalue weighted by atomic mass is 16.5. The van der Waals surface area contributed by atoms with Gasteiger partial charge in [0, 0.05) is 54.4 Å². The number of anilines is 1. The van der Waals surface area contributed by atoms with E-state index in [1.54, 1.807) is 12.4 Å². The molecular formula is C19H27N5O. The van der Waals surface area contributed by atoms with Crippen LogP contribution in [-0.2, 0) is 4.74 Å². The maximum atomic E-state index is 5.54. The Morgan fingerprint density at radius 3 is 2.92 bits per heavy atom. The van der Waals surface area contributed by atoms with Gasteiger partial charge in [0.1, 0.15) is 5.82 Å². The van der Waals surface area contributed by atoms with Gasteiger partial charge in [0.15, 0.2) is 5.82 Å². The minimum Gasteiger partial charge on any atom is -0.379 e. The molecule has 2 atom stereocenters. The molecule has 3 rings (SSSR count). The van der Waals surface area contributed by atoms with E-state index in [-0.39, 0.29) is 0 Å². The van der Waals surface area contributed by atoms with Crippen LogP contribution in [-0.4, -0.2) is 58.2 Å². The number of nitrogens with one attached hydrogen (secondary N) is 1. The van der Waals surface area contributed by atoms with Crippen molar-refractivity contribution in [3.05, 3.63) is 35.8 Å². The number of pyridine rings is 1. The zero-order valence-electron chi connectivity index (χ0n) is 15.5. The van der Waals surface area contributed by atoms with E-state index in [1.165, 1.54) is 0 Å². The van der Waals surface area contributed by atoms with Gasteiger partial charge < -0.3 is 10.1 Å². The zero-order chi connectivity index (χ0) is 17.8. The molecule has 1 fully saturated rings. The van der Waals surface area contributed by atoms with Crippen LogP contribution in [0.2, 0.25) is 0 Å². The molecule has 3 heterocycles. The minimum atomic E-state index is 0.412. The molecule has 0 saturated carbocycles. The molecule has 25 heavy (non-hydrogen) atoms. The first-order valence-corrected chi connectivity index (χ1v) is 8.89. The summed E-state index contributed by atoms with van der Waals surface area (Å²) in [6.45, 7) is 12.0. The lowest BCUT2D eigenvalue weighted by Gasteiger charge is -2.38. The quantitative estimate of drug-likeness (QED) is 0.902. The number of hydrogen-bond donors (Lipinski definition) is 1. The van der Waals surface area contributed by atoms with E-state index in [1.807, 2.05) is 19.1 Å². The highest BCUT2D eigenvalue weighted by Gasteiger charge is 2.23. The van der Waals surface area contributed by atoms with E-state index in [2.05, 4.69) is 41.0 Å². The van der Waals surface area contributed by atoms with Gasteiger partial charge in [-0.15, -0.1) is 0 Å². The van der Waals surface area contributed by atoms with Crippen molar-refractivity contribution in [2.45, 2.75) is 39.8 Å². The maximum Gasteiger partial charge on any atom is 0.163 e. The summed E-state index contributed by atoms with van der Waals surface area (Å²) in [6.07, 6.45) is 3.56. The number of aromatic nitrogens is 3. The summed E-state index contributed by atoms with van der Waals surface area (Å²) in [5.41, 5.74) is 3.02. The molecule has 2 aromatic rings. The van der Waals surface area contributed by atoms with Crippen molar-refractivity contribution in [1.82, 2.24) is 19.9 Å². The zero-order valence-corrected chi connectivity index (χ0v) is 15.5. The number of nitrogens with zero attached hydrogens (tertiary/aromatic N) is 4. The summed E-state index contributed by atoms with van der Waals surface area (Å²) in [5.74, 6) is 1.62. The monoisotopic (exact) mass is 341 g/mol. The summed E-state index contributed by atoms with van der Waals surface area (Å²) in [7, 11) is 0. The topological polar surface area (TPSA) is 63.2 Å². The number of morpholine rings is 1. The van der Waals surface area contributed by atoms with Crippen molar-refractivity contribution in [2.24, 2.45) is 0 Å². The first-order valence-electron chi connectivity index (χ1n) is 8.89. The molecule has 0 amide bonds. The Hall–Kier alpha value is -2.05. The Labute approximate surface area is 149 Å². The lowest BCUT2D eigenvalue weighted by molar-refractivity contribution is -0.0159. The predicted molar refractivity (Wildman–Crippen MR) is 99.7 cm³/mol. The van der Waals surface area contributed by atoms with Crippen molar-refractivity contribution >= 4 is 5.82 Å². The van der Waals surface area contributed by atoms with Gasteiger partial charge in [-0.1, -0.05) is 0 Å². The fraction of sp³-hybridized carbons (Fsp3) is 0.526. The average molecular weight is 341 g/mol. The van der Waals surface area contributed by atoms with E-state index in [9.17, 15) is 0 Å². The van der Waals surface area contributed by atoms with E-state index in [0.29, 0.717) is 17.9 Å². The minimum absolute atomic E-state index is 0.412. The van der Waals surface area contributed by atoms with Crippen LogP contribution in [0.15, 0.2) is 24.5 Å². The van der Waals surface area contributed by atoms with Gasteiger partial charge >= 0.3 is 0 Å². The fourth-order valence-electron chi connectivity index (χ4n) is 3.18. The molecule has 6 nitrogen and oxygen atoms in total. The normalized spacial score (nSPS) is 19.6. The van der Waals surface area contributed by atoms with E-state index in [4.69, 9.17) is 9.72 Å². The summed E-state index contributed by atoms with van der Waals surface area (Å²) >= 11 is 0. The molecule has 1 aliphatic rings. The third-order valence-corrected chi connectivity index (χ3v) is 4.86.